The van der Waals surface area contributed by atoms with Gasteiger partial charge in [0.05, 0.1) is 0 Å². The fourth-order valence-electron chi connectivity index (χ4n) is 3.41. The summed E-state index contributed by atoms with van der Waals surface area (Å²) >= 11 is 0. The Hall–Kier alpha value is -0.120. The van der Waals surface area contributed by atoms with Gasteiger partial charge in [0.15, 0.2) is 0 Å². The molecule has 0 radical (unpaired) electrons. The minimum atomic E-state index is 0.331. The van der Waals surface area contributed by atoms with Gasteiger partial charge in [-0.05, 0) is 52.0 Å². The maximum atomic E-state index is 9.05. The van der Waals surface area contributed by atoms with Crippen LogP contribution < -0.4 is 5.32 Å². The van der Waals surface area contributed by atoms with E-state index in [1.54, 1.807) is 0 Å². The first-order chi connectivity index (χ1) is 8.81. The molecule has 2 rings (SSSR count). The minimum absolute atomic E-state index is 0.331. The van der Waals surface area contributed by atoms with Crippen LogP contribution in [0.4, 0.5) is 0 Å². The van der Waals surface area contributed by atoms with E-state index in [9.17, 15) is 0 Å². The molecule has 1 saturated carbocycles. The van der Waals surface area contributed by atoms with Crippen LogP contribution in [0.2, 0.25) is 0 Å². The fourth-order valence-corrected chi connectivity index (χ4v) is 3.41. The third-order valence-electron chi connectivity index (χ3n) is 4.72. The predicted molar refractivity (Wildman–Crippen MR) is 75.8 cm³/mol. The van der Waals surface area contributed by atoms with Gasteiger partial charge >= 0.3 is 0 Å². The van der Waals surface area contributed by atoms with Crippen molar-refractivity contribution in [2.24, 2.45) is 0 Å². The van der Waals surface area contributed by atoms with Crippen LogP contribution in [-0.4, -0.2) is 47.8 Å². The van der Waals surface area contributed by atoms with Crippen molar-refractivity contribution in [1.29, 1.82) is 0 Å². The summed E-state index contributed by atoms with van der Waals surface area (Å²) in [7, 11) is 0. The van der Waals surface area contributed by atoms with Gasteiger partial charge in [0.1, 0.15) is 0 Å². The van der Waals surface area contributed by atoms with Crippen LogP contribution in [0.1, 0.15) is 58.3 Å². The van der Waals surface area contributed by atoms with E-state index in [-0.39, 0.29) is 0 Å². The highest BCUT2D eigenvalue weighted by Gasteiger charge is 2.29. The summed E-state index contributed by atoms with van der Waals surface area (Å²) in [5.41, 5.74) is 0. The second-order valence-electron chi connectivity index (χ2n) is 6.13. The van der Waals surface area contributed by atoms with E-state index < -0.39 is 0 Å². The molecule has 2 N–H and O–H groups in total. The van der Waals surface area contributed by atoms with Gasteiger partial charge in [0.2, 0.25) is 0 Å². The van der Waals surface area contributed by atoms with Crippen molar-refractivity contribution in [2.45, 2.75) is 76.4 Å². The maximum absolute atomic E-state index is 9.05. The van der Waals surface area contributed by atoms with Crippen molar-refractivity contribution in [3.63, 3.8) is 0 Å². The van der Waals surface area contributed by atoms with E-state index in [2.05, 4.69) is 17.1 Å². The number of hydrogen-bond donors (Lipinski definition) is 2. The molecule has 2 unspecified atom stereocenters. The van der Waals surface area contributed by atoms with Gasteiger partial charge in [0, 0.05) is 31.3 Å². The third kappa shape index (κ3) is 3.94. The minimum Gasteiger partial charge on any atom is -0.396 e. The number of aliphatic hydroxyl groups is 1. The van der Waals surface area contributed by atoms with Crippen LogP contribution in [0.15, 0.2) is 0 Å². The Morgan fingerprint density at radius 2 is 2.06 bits per heavy atom. The van der Waals surface area contributed by atoms with Crippen molar-refractivity contribution in [3.8, 4) is 0 Å². The maximum Gasteiger partial charge on any atom is 0.0443 e. The molecule has 2 atom stereocenters. The zero-order valence-electron chi connectivity index (χ0n) is 11.9. The van der Waals surface area contributed by atoms with Crippen LogP contribution in [0, 0.1) is 0 Å². The first-order valence-corrected chi connectivity index (χ1v) is 7.91. The largest absolute Gasteiger partial charge is 0.396 e. The van der Waals surface area contributed by atoms with Crippen LogP contribution in [0.3, 0.4) is 0 Å². The van der Waals surface area contributed by atoms with E-state index in [0.717, 1.165) is 25.0 Å². The number of nitrogens with zero attached hydrogens (tertiary/aromatic N) is 1. The molecule has 1 aliphatic carbocycles. The van der Waals surface area contributed by atoms with Gasteiger partial charge in [-0.1, -0.05) is 12.8 Å². The van der Waals surface area contributed by atoms with E-state index in [4.69, 9.17) is 5.11 Å². The molecule has 1 aliphatic heterocycles. The third-order valence-corrected chi connectivity index (χ3v) is 4.72. The van der Waals surface area contributed by atoms with Gasteiger partial charge in [0.25, 0.3) is 0 Å². The molecular weight excluding hydrogens is 224 g/mol. The van der Waals surface area contributed by atoms with Crippen molar-refractivity contribution in [3.05, 3.63) is 0 Å². The van der Waals surface area contributed by atoms with Gasteiger partial charge in [-0.3, -0.25) is 4.90 Å². The summed E-state index contributed by atoms with van der Waals surface area (Å²) in [5.74, 6) is 0. The highest BCUT2D eigenvalue weighted by molar-refractivity contribution is 4.86. The Bertz CT molecular complexity index is 225. The van der Waals surface area contributed by atoms with Crippen LogP contribution in [0.25, 0.3) is 0 Å². The van der Waals surface area contributed by atoms with Gasteiger partial charge in [-0.2, -0.15) is 0 Å². The molecule has 3 nitrogen and oxygen atoms in total. The SMILES string of the molecule is CC(CC1CCCCN1)N(CCCO)C1CCC1. The molecule has 0 amide bonds. The lowest BCUT2D eigenvalue weighted by Crippen LogP contribution is -2.49. The fraction of sp³-hybridized carbons (Fsp3) is 1.00. The molecule has 0 aromatic rings. The zero-order valence-corrected chi connectivity index (χ0v) is 11.9. The summed E-state index contributed by atoms with van der Waals surface area (Å²) in [6.45, 7) is 5.00. The molecule has 2 aliphatic rings. The second kappa shape index (κ2) is 7.46. The van der Waals surface area contributed by atoms with E-state index in [1.807, 2.05) is 0 Å². The van der Waals surface area contributed by atoms with Gasteiger partial charge in [-0.15, -0.1) is 0 Å². The first-order valence-electron chi connectivity index (χ1n) is 7.91. The number of rotatable bonds is 7. The Kier molecular flexibility index (Phi) is 5.93. The van der Waals surface area contributed by atoms with Gasteiger partial charge in [-0.25, -0.2) is 0 Å². The quantitative estimate of drug-likeness (QED) is 0.731. The van der Waals surface area contributed by atoms with E-state index in [0.29, 0.717) is 12.6 Å². The summed E-state index contributed by atoms with van der Waals surface area (Å²) in [5, 5.41) is 12.7. The molecule has 106 valence electrons. The zero-order chi connectivity index (χ0) is 12.8. The van der Waals surface area contributed by atoms with Crippen LogP contribution >= 0.6 is 0 Å². The molecule has 0 bridgehead atoms. The average Bonchev–Trinajstić information content (AvgIpc) is 2.33. The molecule has 0 aromatic heterocycles. The molecule has 2 fully saturated rings. The molecular formula is C15H30N2O. The normalized spacial score (nSPS) is 27.2. The molecule has 1 saturated heterocycles. The molecule has 1 heterocycles. The number of aliphatic hydroxyl groups excluding tert-OH is 1. The lowest BCUT2D eigenvalue weighted by Gasteiger charge is -2.42. The summed E-state index contributed by atoms with van der Waals surface area (Å²) < 4.78 is 0. The Balaban J connectivity index is 1.79. The van der Waals surface area contributed by atoms with Crippen LogP contribution in [0.5, 0.6) is 0 Å². The number of piperidine rings is 1. The van der Waals surface area contributed by atoms with Crippen LogP contribution in [-0.2, 0) is 0 Å². The number of hydrogen-bond acceptors (Lipinski definition) is 3. The lowest BCUT2D eigenvalue weighted by atomic mass is 9.88. The van der Waals surface area contributed by atoms with Gasteiger partial charge < -0.3 is 10.4 Å². The monoisotopic (exact) mass is 254 g/mol. The molecule has 18 heavy (non-hydrogen) atoms. The summed E-state index contributed by atoms with van der Waals surface area (Å²) in [6.07, 6.45) is 10.4. The molecule has 0 spiro atoms. The van der Waals surface area contributed by atoms with Crippen molar-refractivity contribution in [2.75, 3.05) is 19.7 Å². The smallest absolute Gasteiger partial charge is 0.0443 e. The summed E-state index contributed by atoms with van der Waals surface area (Å²) in [6, 6.07) is 2.19. The summed E-state index contributed by atoms with van der Waals surface area (Å²) in [4.78, 5) is 2.66. The van der Waals surface area contributed by atoms with E-state index in [1.165, 1.54) is 51.5 Å². The number of nitrogens with one attached hydrogen (secondary N) is 1. The first kappa shape index (κ1) is 14.3. The van der Waals surface area contributed by atoms with Crippen molar-refractivity contribution >= 4 is 0 Å². The highest BCUT2D eigenvalue weighted by atomic mass is 16.3. The Morgan fingerprint density at radius 3 is 2.61 bits per heavy atom. The lowest BCUT2D eigenvalue weighted by molar-refractivity contribution is 0.0686. The van der Waals surface area contributed by atoms with Crippen molar-refractivity contribution < 1.29 is 5.11 Å². The Labute approximate surface area is 112 Å². The van der Waals surface area contributed by atoms with Crippen molar-refractivity contribution in [1.82, 2.24) is 10.2 Å². The topological polar surface area (TPSA) is 35.5 Å². The predicted octanol–water partition coefficient (Wildman–Crippen LogP) is 2.14. The highest BCUT2D eigenvalue weighted by Crippen LogP contribution is 2.28. The second-order valence-corrected chi connectivity index (χ2v) is 6.13. The molecule has 3 heteroatoms. The standard InChI is InChI=1S/C15H30N2O/c1-13(12-14-6-2-3-9-16-14)17(10-5-11-18)15-7-4-8-15/h13-16,18H,2-12H2,1H3. The molecule has 0 aromatic carbocycles. The average molecular weight is 254 g/mol. The van der Waals surface area contributed by atoms with E-state index >= 15 is 0 Å². The Morgan fingerprint density at radius 1 is 1.22 bits per heavy atom.